The molecule has 0 radical (unpaired) electrons. The summed E-state index contributed by atoms with van der Waals surface area (Å²) in [6, 6.07) is 11.0. The number of nitrogens with one attached hydrogen (secondary N) is 1. The van der Waals surface area contributed by atoms with E-state index in [0.29, 0.717) is 17.7 Å². The van der Waals surface area contributed by atoms with E-state index in [1.165, 1.54) is 12.1 Å². The third-order valence-electron chi connectivity index (χ3n) is 3.91. The van der Waals surface area contributed by atoms with Crippen LogP contribution in [0.5, 0.6) is 5.75 Å². The number of rotatable bonds is 8. The highest BCUT2D eigenvalue weighted by Gasteiger charge is 2.22. The van der Waals surface area contributed by atoms with Crippen molar-refractivity contribution < 1.29 is 19.2 Å². The van der Waals surface area contributed by atoms with Gasteiger partial charge in [-0.3, -0.25) is 19.7 Å². The quantitative estimate of drug-likeness (QED) is 0.424. The smallest absolute Gasteiger partial charge is 0.311 e. The highest BCUT2D eigenvalue weighted by Crippen LogP contribution is 2.29. The summed E-state index contributed by atoms with van der Waals surface area (Å²) in [5.41, 5.74) is 1.55. The molecule has 2 aromatic rings. The van der Waals surface area contributed by atoms with Crippen molar-refractivity contribution in [3.8, 4) is 5.75 Å². The Bertz CT molecular complexity index is 846. The molecule has 27 heavy (non-hydrogen) atoms. The van der Waals surface area contributed by atoms with Gasteiger partial charge in [-0.2, -0.15) is 0 Å². The van der Waals surface area contributed by atoms with Gasteiger partial charge in [0.2, 0.25) is 11.7 Å². The van der Waals surface area contributed by atoms with Gasteiger partial charge < -0.3 is 10.1 Å². The summed E-state index contributed by atoms with van der Waals surface area (Å²) in [5, 5.41) is 13.9. The fourth-order valence-corrected chi connectivity index (χ4v) is 2.52. The first-order valence-electron chi connectivity index (χ1n) is 8.67. The van der Waals surface area contributed by atoms with Gasteiger partial charge in [0.15, 0.2) is 11.9 Å². The summed E-state index contributed by atoms with van der Waals surface area (Å²) in [6.07, 6.45) is 0.287. The highest BCUT2D eigenvalue weighted by molar-refractivity contribution is 6.00. The highest BCUT2D eigenvalue weighted by atomic mass is 16.6. The minimum atomic E-state index is -0.896. The van der Waals surface area contributed by atoms with Gasteiger partial charge in [-0.25, -0.2) is 0 Å². The zero-order chi connectivity index (χ0) is 20.0. The van der Waals surface area contributed by atoms with Crippen molar-refractivity contribution in [1.82, 2.24) is 0 Å². The van der Waals surface area contributed by atoms with Crippen molar-refractivity contribution in [2.45, 2.75) is 39.7 Å². The zero-order valence-electron chi connectivity index (χ0n) is 15.5. The maximum absolute atomic E-state index is 12.6. The Morgan fingerprint density at radius 2 is 1.85 bits per heavy atom. The lowest BCUT2D eigenvalue weighted by atomic mass is 10.1. The number of hydrogen-bond donors (Lipinski definition) is 1. The third-order valence-corrected chi connectivity index (χ3v) is 3.91. The number of ketones is 1. The molecule has 0 aliphatic heterocycles. The number of nitro groups is 1. The van der Waals surface area contributed by atoms with Crippen LogP contribution in [0, 0.1) is 17.0 Å². The molecule has 0 saturated heterocycles. The average molecular weight is 370 g/mol. The summed E-state index contributed by atoms with van der Waals surface area (Å²) < 4.78 is 5.54. The Kier molecular flexibility index (Phi) is 6.65. The molecule has 1 atom stereocenters. The Balaban J connectivity index is 2.09. The fourth-order valence-electron chi connectivity index (χ4n) is 2.52. The van der Waals surface area contributed by atoms with Crippen LogP contribution in [0.2, 0.25) is 0 Å². The van der Waals surface area contributed by atoms with Crippen LogP contribution >= 0.6 is 0 Å². The topological polar surface area (TPSA) is 98.5 Å². The molecule has 1 amide bonds. The molecule has 2 aromatic carbocycles. The van der Waals surface area contributed by atoms with Gasteiger partial charge in [0.1, 0.15) is 0 Å². The minimum absolute atomic E-state index is 0.0508. The average Bonchev–Trinajstić information content (AvgIpc) is 2.63. The Labute approximate surface area is 157 Å². The van der Waals surface area contributed by atoms with Crippen LogP contribution < -0.4 is 10.1 Å². The van der Waals surface area contributed by atoms with E-state index >= 15 is 0 Å². The molecule has 2 rings (SSSR count). The molecule has 7 nitrogen and oxygen atoms in total. The first-order valence-corrected chi connectivity index (χ1v) is 8.67. The molecule has 7 heteroatoms. The molecule has 0 saturated carbocycles. The number of aryl methyl sites for hydroxylation is 1. The molecule has 0 bridgehead atoms. The van der Waals surface area contributed by atoms with Crippen molar-refractivity contribution in [2.24, 2.45) is 0 Å². The zero-order valence-corrected chi connectivity index (χ0v) is 15.5. The van der Waals surface area contributed by atoms with Crippen LogP contribution in [0.25, 0.3) is 0 Å². The molecular formula is C20H22N2O5. The molecule has 0 heterocycles. The summed E-state index contributed by atoms with van der Waals surface area (Å²) in [4.78, 5) is 34.8. The second-order valence-electron chi connectivity index (χ2n) is 6.23. The van der Waals surface area contributed by atoms with Crippen LogP contribution in [0.15, 0.2) is 42.5 Å². The number of carbonyl (C=O) groups is 2. The largest absolute Gasteiger partial charge is 0.475 e. The third kappa shape index (κ3) is 5.37. The number of nitro benzene ring substituents is 1. The van der Waals surface area contributed by atoms with Crippen molar-refractivity contribution >= 4 is 23.1 Å². The van der Waals surface area contributed by atoms with Crippen molar-refractivity contribution in [2.75, 3.05) is 5.32 Å². The van der Waals surface area contributed by atoms with E-state index in [2.05, 4.69) is 5.32 Å². The van der Waals surface area contributed by atoms with E-state index in [-0.39, 0.29) is 23.1 Å². The van der Waals surface area contributed by atoms with Crippen molar-refractivity contribution in [3.05, 3.63) is 63.7 Å². The number of anilines is 1. The molecule has 1 N–H and O–H groups in total. The number of hydrogen-bond acceptors (Lipinski definition) is 5. The van der Waals surface area contributed by atoms with Crippen LogP contribution in [0.3, 0.4) is 0 Å². The van der Waals surface area contributed by atoms with Gasteiger partial charge in [0.25, 0.3) is 0 Å². The molecule has 0 aromatic heterocycles. The van der Waals surface area contributed by atoms with Gasteiger partial charge in [-0.1, -0.05) is 13.0 Å². The lowest BCUT2D eigenvalue weighted by Gasteiger charge is -2.14. The lowest BCUT2D eigenvalue weighted by Crippen LogP contribution is -2.24. The molecule has 1 unspecified atom stereocenters. The van der Waals surface area contributed by atoms with E-state index in [0.717, 1.165) is 12.0 Å². The number of ether oxygens (including phenoxy) is 1. The number of amides is 1. The Morgan fingerprint density at radius 3 is 2.44 bits per heavy atom. The first-order chi connectivity index (χ1) is 12.8. The lowest BCUT2D eigenvalue weighted by molar-refractivity contribution is -0.386. The fraction of sp³-hybridized carbons (Fsp3) is 0.300. The minimum Gasteiger partial charge on any atom is -0.475 e. The Morgan fingerprint density at radius 1 is 1.19 bits per heavy atom. The Hall–Kier alpha value is -3.22. The first kappa shape index (κ1) is 20.1. The normalized spacial score (nSPS) is 11.5. The van der Waals surface area contributed by atoms with Gasteiger partial charge in [-0.15, -0.1) is 0 Å². The number of Topliss-reactive ketones (excluding diaryl/α,β-unsaturated/α-hetero) is 1. The van der Waals surface area contributed by atoms with Gasteiger partial charge in [0.05, 0.1) is 4.92 Å². The molecule has 0 fully saturated rings. The number of nitrogens with zero attached hydrogens (tertiary/aromatic N) is 1. The molecular weight excluding hydrogens is 348 g/mol. The van der Waals surface area contributed by atoms with Crippen LogP contribution in [0.4, 0.5) is 11.4 Å². The number of carbonyl (C=O) groups excluding carboxylic acids is 2. The predicted octanol–water partition coefficient (Wildman–Crippen LogP) is 4.29. The maximum Gasteiger partial charge on any atom is 0.311 e. The van der Waals surface area contributed by atoms with E-state index in [1.807, 2.05) is 6.92 Å². The van der Waals surface area contributed by atoms with Gasteiger partial charge >= 0.3 is 5.69 Å². The van der Waals surface area contributed by atoms with Crippen LogP contribution in [0.1, 0.15) is 42.6 Å². The van der Waals surface area contributed by atoms with Gasteiger partial charge in [0, 0.05) is 23.7 Å². The second-order valence-corrected chi connectivity index (χ2v) is 6.23. The van der Waals surface area contributed by atoms with E-state index in [9.17, 15) is 19.7 Å². The van der Waals surface area contributed by atoms with Crippen molar-refractivity contribution in [1.29, 1.82) is 0 Å². The SMILES string of the molecule is CCCC(=O)Nc1ccc(C(=O)C(C)Oc2ccc(C)cc2[N+](=O)[O-])cc1. The monoisotopic (exact) mass is 370 g/mol. The standard InChI is InChI=1S/C20H22N2O5/c1-4-5-19(23)21-16-9-7-15(8-10-16)20(24)14(3)27-18-11-6-13(2)12-17(18)22(25)26/h6-12,14H,4-5H2,1-3H3,(H,21,23). The maximum atomic E-state index is 12.6. The molecule has 0 aliphatic carbocycles. The van der Waals surface area contributed by atoms with E-state index in [1.54, 1.807) is 44.2 Å². The second kappa shape index (κ2) is 8.93. The van der Waals surface area contributed by atoms with Crippen LogP contribution in [-0.2, 0) is 4.79 Å². The number of benzene rings is 2. The summed E-state index contributed by atoms with van der Waals surface area (Å²) in [6.45, 7) is 5.20. The molecule has 142 valence electrons. The summed E-state index contributed by atoms with van der Waals surface area (Å²) >= 11 is 0. The van der Waals surface area contributed by atoms with E-state index in [4.69, 9.17) is 4.74 Å². The van der Waals surface area contributed by atoms with Crippen molar-refractivity contribution in [3.63, 3.8) is 0 Å². The molecule has 0 spiro atoms. The summed E-state index contributed by atoms with van der Waals surface area (Å²) in [7, 11) is 0. The molecule has 0 aliphatic rings. The predicted molar refractivity (Wildman–Crippen MR) is 102 cm³/mol. The van der Waals surface area contributed by atoms with E-state index < -0.39 is 11.0 Å². The van der Waals surface area contributed by atoms with Gasteiger partial charge in [-0.05, 0) is 56.2 Å². The van der Waals surface area contributed by atoms with Crippen LogP contribution in [-0.4, -0.2) is 22.7 Å². The summed E-state index contributed by atoms with van der Waals surface area (Å²) in [5.74, 6) is -0.342.